The van der Waals surface area contributed by atoms with E-state index < -0.39 is 0 Å². The molecule has 0 bridgehead atoms. The number of methoxy groups -OCH3 is 2. The highest BCUT2D eigenvalue weighted by atomic mass is 32.2. The number of aryl methyl sites for hydroxylation is 1. The minimum atomic E-state index is -0.0234. The molecular weight excluding hydrogens is 400 g/mol. The van der Waals surface area contributed by atoms with E-state index in [0.717, 1.165) is 22.6 Å². The summed E-state index contributed by atoms with van der Waals surface area (Å²) >= 11 is 1.51. The number of hydrogen-bond acceptors (Lipinski definition) is 6. The Bertz CT molecular complexity index is 988. The van der Waals surface area contributed by atoms with Gasteiger partial charge in [-0.15, -0.1) is 11.8 Å². The fourth-order valence-corrected chi connectivity index (χ4v) is 3.84. The molecule has 30 heavy (non-hydrogen) atoms. The first kappa shape index (κ1) is 21.8. The van der Waals surface area contributed by atoms with Gasteiger partial charge in [-0.25, -0.2) is 4.98 Å². The Morgan fingerprint density at radius 3 is 2.57 bits per heavy atom. The lowest BCUT2D eigenvalue weighted by molar-refractivity contribution is -0.119. The number of carbonyl (C=O) groups excluding carboxylic acids is 1. The van der Waals surface area contributed by atoms with E-state index in [1.807, 2.05) is 62.4 Å². The molecule has 3 aromatic rings. The lowest BCUT2D eigenvalue weighted by Gasteiger charge is -2.13. The van der Waals surface area contributed by atoms with Crippen LogP contribution in [0.15, 0.2) is 52.9 Å². The monoisotopic (exact) mass is 426 g/mol. The number of amides is 1. The highest BCUT2D eigenvalue weighted by Crippen LogP contribution is 2.33. The fraction of sp³-hybridized carbons (Fsp3) is 0.304. The Hall–Kier alpha value is -2.93. The molecule has 1 amide bonds. The summed E-state index contributed by atoms with van der Waals surface area (Å²) in [6.45, 7) is 3.86. The number of benzene rings is 2. The molecule has 2 aromatic carbocycles. The molecule has 0 fully saturated rings. The van der Waals surface area contributed by atoms with E-state index in [2.05, 4.69) is 10.3 Å². The normalized spacial score (nSPS) is 11.7. The van der Waals surface area contributed by atoms with Crippen LogP contribution in [0.25, 0.3) is 11.5 Å². The maximum Gasteiger partial charge on any atom is 0.230 e. The number of hydrogen-bond donors (Lipinski definition) is 1. The lowest BCUT2D eigenvalue weighted by atomic mass is 10.1. The minimum Gasteiger partial charge on any atom is -0.493 e. The summed E-state index contributed by atoms with van der Waals surface area (Å²) in [5.74, 6) is 3.47. The first-order chi connectivity index (χ1) is 14.5. The molecule has 1 N–H and O–H groups in total. The van der Waals surface area contributed by atoms with E-state index in [0.29, 0.717) is 28.9 Å². The molecular formula is C23H26N2O4S. The van der Waals surface area contributed by atoms with Gasteiger partial charge in [-0.2, -0.15) is 0 Å². The Morgan fingerprint density at radius 1 is 1.13 bits per heavy atom. The van der Waals surface area contributed by atoms with Gasteiger partial charge in [0.05, 0.1) is 31.7 Å². The van der Waals surface area contributed by atoms with Crippen LogP contribution in [0.4, 0.5) is 0 Å². The van der Waals surface area contributed by atoms with Gasteiger partial charge in [-0.05, 0) is 37.6 Å². The maximum atomic E-state index is 12.3. The number of nitrogens with one attached hydrogen (secondary N) is 1. The number of ether oxygens (including phenoxy) is 2. The van der Waals surface area contributed by atoms with Crippen LogP contribution in [0.5, 0.6) is 11.5 Å². The summed E-state index contributed by atoms with van der Waals surface area (Å²) in [6, 6.07) is 15.4. The van der Waals surface area contributed by atoms with Crippen LogP contribution in [-0.2, 0) is 10.5 Å². The molecule has 7 heteroatoms. The van der Waals surface area contributed by atoms with Crippen LogP contribution in [0.1, 0.15) is 30.0 Å². The number of thioether (sulfide) groups is 1. The number of rotatable bonds is 9. The van der Waals surface area contributed by atoms with Crippen molar-refractivity contribution in [3.8, 4) is 23.0 Å². The molecule has 158 valence electrons. The number of carbonyl (C=O) groups is 1. The van der Waals surface area contributed by atoms with E-state index in [1.165, 1.54) is 11.8 Å². The summed E-state index contributed by atoms with van der Waals surface area (Å²) in [6.07, 6.45) is 0. The van der Waals surface area contributed by atoms with E-state index in [4.69, 9.17) is 13.9 Å². The Morgan fingerprint density at radius 2 is 1.87 bits per heavy atom. The van der Waals surface area contributed by atoms with Gasteiger partial charge in [0.25, 0.3) is 0 Å². The van der Waals surface area contributed by atoms with Crippen molar-refractivity contribution in [3.63, 3.8) is 0 Å². The van der Waals surface area contributed by atoms with Crippen molar-refractivity contribution < 1.29 is 18.7 Å². The predicted molar refractivity (Wildman–Crippen MR) is 119 cm³/mol. The summed E-state index contributed by atoms with van der Waals surface area (Å²) in [5, 5.41) is 3.02. The average molecular weight is 427 g/mol. The molecule has 0 spiro atoms. The van der Waals surface area contributed by atoms with Crippen molar-refractivity contribution in [2.24, 2.45) is 0 Å². The van der Waals surface area contributed by atoms with Crippen LogP contribution < -0.4 is 14.8 Å². The van der Waals surface area contributed by atoms with Crippen molar-refractivity contribution >= 4 is 17.7 Å². The average Bonchev–Trinajstić information content (AvgIpc) is 3.14. The molecule has 0 unspecified atom stereocenters. The Labute approximate surface area is 181 Å². The van der Waals surface area contributed by atoms with Gasteiger partial charge in [-0.3, -0.25) is 4.79 Å². The second kappa shape index (κ2) is 10.2. The fourth-order valence-electron chi connectivity index (χ4n) is 3.00. The van der Waals surface area contributed by atoms with Gasteiger partial charge in [0.1, 0.15) is 5.76 Å². The van der Waals surface area contributed by atoms with Crippen molar-refractivity contribution in [2.45, 2.75) is 25.6 Å². The molecule has 1 aromatic heterocycles. The molecule has 1 heterocycles. The Balaban J connectivity index is 1.57. The van der Waals surface area contributed by atoms with Crippen LogP contribution in [0, 0.1) is 6.92 Å². The zero-order valence-electron chi connectivity index (χ0n) is 17.6. The largest absolute Gasteiger partial charge is 0.493 e. The first-order valence-corrected chi connectivity index (χ1v) is 10.8. The molecule has 0 aliphatic heterocycles. The molecule has 3 rings (SSSR count). The SMILES string of the molecule is COc1ccc(-c2nc(CSCC(=O)N[C@H](C)c3ccccc3)c(C)o2)cc1OC. The van der Waals surface area contributed by atoms with Crippen LogP contribution >= 0.6 is 11.8 Å². The van der Waals surface area contributed by atoms with Crippen molar-refractivity contribution in [1.29, 1.82) is 0 Å². The van der Waals surface area contributed by atoms with Gasteiger partial charge >= 0.3 is 0 Å². The van der Waals surface area contributed by atoms with Gasteiger partial charge in [0.15, 0.2) is 11.5 Å². The number of nitrogens with zero attached hydrogens (tertiary/aromatic N) is 1. The summed E-state index contributed by atoms with van der Waals surface area (Å²) in [5.41, 5.74) is 2.72. The number of aromatic nitrogens is 1. The van der Waals surface area contributed by atoms with Gasteiger partial charge < -0.3 is 19.2 Å². The topological polar surface area (TPSA) is 73.6 Å². The van der Waals surface area contributed by atoms with Crippen molar-refractivity contribution in [3.05, 3.63) is 65.5 Å². The second-order valence-corrected chi connectivity index (χ2v) is 7.77. The predicted octanol–water partition coefficient (Wildman–Crippen LogP) is 4.78. The number of oxazole rings is 1. The van der Waals surface area contributed by atoms with Gasteiger partial charge in [0.2, 0.25) is 11.8 Å². The summed E-state index contributed by atoms with van der Waals surface area (Å²) in [4.78, 5) is 16.9. The molecule has 1 atom stereocenters. The Kier molecular flexibility index (Phi) is 7.41. The zero-order valence-corrected chi connectivity index (χ0v) is 18.4. The molecule has 6 nitrogen and oxygen atoms in total. The third kappa shape index (κ3) is 5.36. The quantitative estimate of drug-likeness (QED) is 0.531. The maximum absolute atomic E-state index is 12.3. The van der Waals surface area contributed by atoms with Gasteiger partial charge in [0, 0.05) is 11.3 Å². The van der Waals surface area contributed by atoms with E-state index in [-0.39, 0.29) is 11.9 Å². The lowest BCUT2D eigenvalue weighted by Crippen LogP contribution is -2.28. The van der Waals surface area contributed by atoms with Gasteiger partial charge in [-0.1, -0.05) is 30.3 Å². The first-order valence-electron chi connectivity index (χ1n) is 9.62. The van der Waals surface area contributed by atoms with Crippen molar-refractivity contribution in [2.75, 3.05) is 20.0 Å². The summed E-state index contributed by atoms with van der Waals surface area (Å²) in [7, 11) is 3.19. The van der Waals surface area contributed by atoms with Crippen LogP contribution in [0.2, 0.25) is 0 Å². The van der Waals surface area contributed by atoms with Crippen LogP contribution in [-0.4, -0.2) is 30.9 Å². The molecule has 0 aliphatic carbocycles. The van der Waals surface area contributed by atoms with E-state index in [1.54, 1.807) is 14.2 Å². The molecule has 0 saturated carbocycles. The van der Waals surface area contributed by atoms with Crippen LogP contribution in [0.3, 0.4) is 0 Å². The molecule has 0 saturated heterocycles. The molecule has 0 radical (unpaired) electrons. The molecule has 0 aliphatic rings. The second-order valence-electron chi connectivity index (χ2n) is 6.78. The minimum absolute atomic E-state index is 0.00221. The standard InChI is InChI=1S/C23H26N2O4S/c1-15(17-8-6-5-7-9-17)24-22(26)14-30-13-19-16(2)29-23(25-19)18-10-11-20(27-3)21(12-18)28-4/h5-12,15H,13-14H2,1-4H3,(H,24,26)/t15-/m1/s1. The highest BCUT2D eigenvalue weighted by Gasteiger charge is 2.15. The van der Waals surface area contributed by atoms with E-state index in [9.17, 15) is 4.79 Å². The summed E-state index contributed by atoms with van der Waals surface area (Å²) < 4.78 is 16.4. The highest BCUT2D eigenvalue weighted by molar-refractivity contribution is 7.99. The zero-order chi connectivity index (χ0) is 21.5. The van der Waals surface area contributed by atoms with E-state index >= 15 is 0 Å². The van der Waals surface area contributed by atoms with Crippen molar-refractivity contribution in [1.82, 2.24) is 10.3 Å². The third-order valence-corrected chi connectivity index (χ3v) is 5.62. The smallest absolute Gasteiger partial charge is 0.230 e. The third-order valence-electron chi connectivity index (χ3n) is 4.67.